The van der Waals surface area contributed by atoms with E-state index >= 15 is 0 Å². The molecular formula is C23H36BN3O4. The molecule has 0 N–H and O–H groups in total. The topological polar surface area (TPSA) is 64.1 Å². The second-order valence-electron chi connectivity index (χ2n) is 11.4. The average molecular weight is 429 g/mol. The van der Waals surface area contributed by atoms with E-state index < -0.39 is 5.60 Å². The molecule has 0 aliphatic carbocycles. The van der Waals surface area contributed by atoms with Gasteiger partial charge in [-0.25, -0.2) is 9.78 Å². The average Bonchev–Trinajstić information content (AvgIpc) is 2.86. The van der Waals surface area contributed by atoms with E-state index in [-0.39, 0.29) is 29.8 Å². The van der Waals surface area contributed by atoms with Crippen LogP contribution in [-0.4, -0.2) is 66.1 Å². The Morgan fingerprint density at radius 1 is 1.06 bits per heavy atom. The van der Waals surface area contributed by atoms with Crippen molar-refractivity contribution in [3.63, 3.8) is 0 Å². The van der Waals surface area contributed by atoms with Gasteiger partial charge in [-0.2, -0.15) is 0 Å². The maximum absolute atomic E-state index is 12.3. The smallest absolute Gasteiger partial charge is 0.444 e. The van der Waals surface area contributed by atoms with Crippen molar-refractivity contribution in [2.75, 3.05) is 31.1 Å². The van der Waals surface area contributed by atoms with Gasteiger partial charge in [0.25, 0.3) is 0 Å². The van der Waals surface area contributed by atoms with Crippen molar-refractivity contribution in [2.45, 2.75) is 78.1 Å². The summed E-state index contributed by atoms with van der Waals surface area (Å²) in [5, 5.41) is 0. The van der Waals surface area contributed by atoms with Crippen LogP contribution in [0.25, 0.3) is 0 Å². The van der Waals surface area contributed by atoms with Crippen LogP contribution in [0, 0.1) is 5.41 Å². The van der Waals surface area contributed by atoms with Crippen LogP contribution >= 0.6 is 0 Å². The zero-order chi connectivity index (χ0) is 22.7. The number of nitrogens with zero attached hydrogens (tertiary/aromatic N) is 3. The second kappa shape index (κ2) is 7.37. The van der Waals surface area contributed by atoms with Gasteiger partial charge in [0, 0.05) is 43.3 Å². The number of aromatic nitrogens is 1. The summed E-state index contributed by atoms with van der Waals surface area (Å²) in [5.74, 6) is 0.987. The lowest BCUT2D eigenvalue weighted by atomic mass is 9.72. The fourth-order valence-electron chi connectivity index (χ4n) is 4.43. The molecule has 1 spiro atoms. The third kappa shape index (κ3) is 4.42. The summed E-state index contributed by atoms with van der Waals surface area (Å²) in [7, 11) is -0.383. The predicted octanol–water partition coefficient (Wildman–Crippen LogP) is 3.22. The third-order valence-corrected chi connectivity index (χ3v) is 7.15. The van der Waals surface area contributed by atoms with Gasteiger partial charge < -0.3 is 23.8 Å². The molecule has 3 aliphatic heterocycles. The highest BCUT2D eigenvalue weighted by Gasteiger charge is 2.52. The molecule has 3 aliphatic rings. The number of ether oxygens (including phenoxy) is 1. The molecule has 0 aromatic carbocycles. The molecule has 0 bridgehead atoms. The molecule has 0 radical (unpaired) electrons. The summed E-state index contributed by atoms with van der Waals surface area (Å²) in [6.45, 7) is 17.4. The van der Waals surface area contributed by atoms with Gasteiger partial charge in [0.15, 0.2) is 0 Å². The SMILES string of the molecule is CC(C)(C)OC(=O)N1CCC2(CC1)CN(c1ccc(B3OC(C)(C)C(C)(C)O3)cn1)C2. The number of amides is 1. The highest BCUT2D eigenvalue weighted by Crippen LogP contribution is 2.42. The molecule has 0 saturated carbocycles. The molecule has 4 rings (SSSR count). The lowest BCUT2D eigenvalue weighted by molar-refractivity contribution is 0.00578. The first-order valence-electron chi connectivity index (χ1n) is 11.3. The molecule has 3 saturated heterocycles. The Balaban J connectivity index is 1.30. The van der Waals surface area contributed by atoms with Crippen molar-refractivity contribution in [1.29, 1.82) is 0 Å². The van der Waals surface area contributed by atoms with Crippen LogP contribution in [0.3, 0.4) is 0 Å². The van der Waals surface area contributed by atoms with Gasteiger partial charge >= 0.3 is 13.2 Å². The van der Waals surface area contributed by atoms with Gasteiger partial charge in [0.1, 0.15) is 11.4 Å². The lowest BCUT2D eigenvalue weighted by Crippen LogP contribution is -2.61. The number of piperidine rings is 1. The van der Waals surface area contributed by atoms with Crippen LogP contribution in [0.2, 0.25) is 0 Å². The Morgan fingerprint density at radius 2 is 1.65 bits per heavy atom. The van der Waals surface area contributed by atoms with Gasteiger partial charge in [-0.05, 0) is 67.4 Å². The van der Waals surface area contributed by atoms with E-state index in [0.717, 1.165) is 50.3 Å². The molecule has 0 atom stereocenters. The molecule has 170 valence electrons. The van der Waals surface area contributed by atoms with E-state index in [1.54, 1.807) is 0 Å². The van der Waals surface area contributed by atoms with Gasteiger partial charge in [0.05, 0.1) is 11.2 Å². The largest absolute Gasteiger partial charge is 0.496 e. The Hall–Kier alpha value is -1.80. The quantitative estimate of drug-likeness (QED) is 0.673. The van der Waals surface area contributed by atoms with E-state index in [4.69, 9.17) is 14.0 Å². The minimum Gasteiger partial charge on any atom is -0.444 e. The van der Waals surface area contributed by atoms with Gasteiger partial charge in [-0.3, -0.25) is 0 Å². The fourth-order valence-corrected chi connectivity index (χ4v) is 4.43. The molecule has 0 unspecified atom stereocenters. The van der Waals surface area contributed by atoms with E-state index in [2.05, 4.69) is 49.7 Å². The summed E-state index contributed by atoms with van der Waals surface area (Å²) in [4.78, 5) is 21.1. The Labute approximate surface area is 186 Å². The molecule has 4 heterocycles. The van der Waals surface area contributed by atoms with E-state index in [9.17, 15) is 4.79 Å². The van der Waals surface area contributed by atoms with Crippen LogP contribution in [0.5, 0.6) is 0 Å². The normalized spacial score (nSPS) is 24.3. The van der Waals surface area contributed by atoms with Gasteiger partial charge in [-0.15, -0.1) is 0 Å². The molecule has 7 nitrogen and oxygen atoms in total. The molecule has 1 aromatic rings. The standard InChI is InChI=1S/C23H36BN3O4/c1-20(2,3)29-19(28)26-12-10-23(11-13-26)15-27(16-23)18-9-8-17(14-25-18)24-30-21(4,5)22(6,7)31-24/h8-9,14H,10-13,15-16H2,1-7H3. The van der Waals surface area contributed by atoms with Crippen LogP contribution in [-0.2, 0) is 14.0 Å². The Kier molecular flexibility index (Phi) is 5.33. The lowest BCUT2D eigenvalue weighted by Gasteiger charge is -2.54. The molecular weight excluding hydrogens is 393 g/mol. The predicted molar refractivity (Wildman–Crippen MR) is 122 cm³/mol. The molecule has 8 heteroatoms. The van der Waals surface area contributed by atoms with Crippen LogP contribution in [0.15, 0.2) is 18.3 Å². The van der Waals surface area contributed by atoms with Crippen molar-refractivity contribution in [3.8, 4) is 0 Å². The zero-order valence-electron chi connectivity index (χ0n) is 20.0. The van der Waals surface area contributed by atoms with Crippen molar-refractivity contribution < 1.29 is 18.8 Å². The number of likely N-dealkylation sites (tertiary alicyclic amines) is 1. The van der Waals surface area contributed by atoms with Gasteiger partial charge in [0.2, 0.25) is 0 Å². The molecule has 1 amide bonds. The zero-order valence-corrected chi connectivity index (χ0v) is 20.0. The van der Waals surface area contributed by atoms with Crippen LogP contribution < -0.4 is 10.4 Å². The van der Waals surface area contributed by atoms with Crippen molar-refractivity contribution in [3.05, 3.63) is 18.3 Å². The third-order valence-electron chi connectivity index (χ3n) is 7.15. The summed E-state index contributed by atoms with van der Waals surface area (Å²) in [5.41, 5.74) is 0.0772. The van der Waals surface area contributed by atoms with Crippen molar-refractivity contribution >= 4 is 24.5 Å². The monoisotopic (exact) mass is 429 g/mol. The minimum absolute atomic E-state index is 0.196. The number of anilines is 1. The highest BCUT2D eigenvalue weighted by atomic mass is 16.7. The van der Waals surface area contributed by atoms with E-state index in [1.807, 2.05) is 31.9 Å². The van der Waals surface area contributed by atoms with E-state index in [0.29, 0.717) is 0 Å². The van der Waals surface area contributed by atoms with Crippen molar-refractivity contribution in [1.82, 2.24) is 9.88 Å². The van der Waals surface area contributed by atoms with Crippen molar-refractivity contribution in [2.24, 2.45) is 5.41 Å². The molecule has 1 aromatic heterocycles. The second-order valence-corrected chi connectivity index (χ2v) is 11.4. The number of hydrogen-bond acceptors (Lipinski definition) is 6. The maximum Gasteiger partial charge on any atom is 0.496 e. The van der Waals surface area contributed by atoms with Gasteiger partial charge in [-0.1, -0.05) is 6.07 Å². The fraction of sp³-hybridized carbons (Fsp3) is 0.739. The molecule has 31 heavy (non-hydrogen) atoms. The summed E-state index contributed by atoms with van der Waals surface area (Å²) in [6, 6.07) is 4.11. The first-order chi connectivity index (χ1) is 14.3. The highest BCUT2D eigenvalue weighted by molar-refractivity contribution is 6.62. The number of hydrogen-bond donors (Lipinski definition) is 0. The minimum atomic E-state index is -0.447. The first kappa shape index (κ1) is 22.4. The van der Waals surface area contributed by atoms with Crippen LogP contribution in [0.1, 0.15) is 61.3 Å². The first-order valence-corrected chi connectivity index (χ1v) is 11.3. The van der Waals surface area contributed by atoms with E-state index in [1.165, 1.54) is 0 Å². The van der Waals surface area contributed by atoms with Crippen LogP contribution in [0.4, 0.5) is 10.6 Å². The Bertz CT molecular complexity index is 802. The number of carbonyl (C=O) groups is 1. The summed E-state index contributed by atoms with van der Waals surface area (Å²) >= 11 is 0. The number of rotatable bonds is 2. The molecule has 3 fully saturated rings. The number of pyridine rings is 1. The Morgan fingerprint density at radius 3 is 2.13 bits per heavy atom. The maximum atomic E-state index is 12.3. The summed E-state index contributed by atoms with van der Waals surface area (Å²) in [6.07, 6.45) is 3.69. The summed E-state index contributed by atoms with van der Waals surface area (Å²) < 4.78 is 17.8. The number of carbonyl (C=O) groups excluding carboxylic acids is 1.